The molecule has 0 aliphatic carbocycles. The average Bonchev–Trinajstić information content (AvgIpc) is 3.36. The normalized spacial score (nSPS) is 10.4. The van der Waals surface area contributed by atoms with Crippen molar-refractivity contribution in [1.82, 2.24) is 15.2 Å². The Bertz CT molecular complexity index is 1390. The second kappa shape index (κ2) is 11.0. The lowest BCUT2D eigenvalue weighted by atomic mass is 10.2. The van der Waals surface area contributed by atoms with Gasteiger partial charge >= 0.3 is 0 Å². The highest BCUT2D eigenvalue weighted by molar-refractivity contribution is 6.05. The molecule has 11 heteroatoms. The van der Waals surface area contributed by atoms with Gasteiger partial charge in [0.1, 0.15) is 23.1 Å². The van der Waals surface area contributed by atoms with Crippen molar-refractivity contribution in [2.45, 2.75) is 0 Å². The van der Waals surface area contributed by atoms with Gasteiger partial charge in [-0.3, -0.25) is 20.0 Å². The number of hydrogen-bond donors (Lipinski definition) is 3. The van der Waals surface area contributed by atoms with Crippen LogP contribution in [0.25, 0.3) is 11.4 Å². The van der Waals surface area contributed by atoms with Crippen LogP contribution in [0.15, 0.2) is 66.7 Å². The van der Waals surface area contributed by atoms with E-state index < -0.39 is 24.2 Å². The van der Waals surface area contributed by atoms with E-state index in [0.29, 0.717) is 22.9 Å². The van der Waals surface area contributed by atoms with Crippen LogP contribution in [0.5, 0.6) is 17.2 Å². The molecule has 0 unspecified atom stereocenters. The van der Waals surface area contributed by atoms with Crippen LogP contribution in [-0.2, 0) is 4.79 Å². The van der Waals surface area contributed by atoms with Crippen molar-refractivity contribution in [2.24, 2.45) is 0 Å². The first-order valence-electron chi connectivity index (χ1n) is 10.7. The highest BCUT2D eigenvalue weighted by Gasteiger charge is 2.18. The van der Waals surface area contributed by atoms with Gasteiger partial charge in [0, 0.05) is 6.07 Å². The fraction of sp³-hybridized carbons (Fsp3) is 0.120. The molecule has 36 heavy (non-hydrogen) atoms. The van der Waals surface area contributed by atoms with Crippen LogP contribution in [-0.4, -0.2) is 47.8 Å². The van der Waals surface area contributed by atoms with Crippen LogP contribution in [0.2, 0.25) is 0 Å². The number of benzene rings is 3. The molecule has 0 saturated carbocycles. The van der Waals surface area contributed by atoms with Crippen LogP contribution in [0, 0.1) is 5.82 Å². The number of aromatic amines is 1. The van der Waals surface area contributed by atoms with Gasteiger partial charge in [-0.25, -0.2) is 4.39 Å². The number of carbonyl (C=O) groups is 2. The Hall–Kier alpha value is -4.93. The number of ether oxygens (including phenoxy) is 3. The lowest BCUT2D eigenvalue weighted by Gasteiger charge is -2.11. The summed E-state index contributed by atoms with van der Waals surface area (Å²) in [7, 11) is 3.07. The molecule has 3 aromatic carbocycles. The summed E-state index contributed by atoms with van der Waals surface area (Å²) in [6.07, 6.45) is 0. The third kappa shape index (κ3) is 5.58. The minimum absolute atomic E-state index is 0.0278. The van der Waals surface area contributed by atoms with Gasteiger partial charge in [-0.05, 0) is 36.4 Å². The molecule has 3 N–H and O–H groups in total. The number of nitrogens with one attached hydrogen (secondary N) is 3. The Morgan fingerprint density at radius 3 is 2.50 bits per heavy atom. The molecular weight excluding hydrogens is 469 g/mol. The number of amides is 2. The van der Waals surface area contributed by atoms with Crippen LogP contribution in [0.1, 0.15) is 10.4 Å². The Morgan fingerprint density at radius 1 is 0.944 bits per heavy atom. The SMILES string of the molecule is COc1ccc(-c2nc(NC(=O)c3ccccc3OCC(=O)Nc3ccccc3F)n[nH]2)c(OC)c1. The number of carbonyl (C=O) groups excluding carboxylic acids is 2. The first kappa shape index (κ1) is 24.2. The molecule has 0 spiro atoms. The van der Waals surface area contributed by atoms with Crippen LogP contribution < -0.4 is 24.8 Å². The van der Waals surface area contributed by atoms with Gasteiger partial charge in [0.25, 0.3) is 11.8 Å². The van der Waals surface area contributed by atoms with E-state index >= 15 is 0 Å². The molecule has 0 fully saturated rings. The lowest BCUT2D eigenvalue weighted by molar-refractivity contribution is -0.118. The molecule has 1 heterocycles. The number of hydrogen-bond acceptors (Lipinski definition) is 7. The fourth-order valence-electron chi connectivity index (χ4n) is 3.27. The number of H-pyrrole nitrogens is 1. The van der Waals surface area contributed by atoms with Gasteiger partial charge in [-0.1, -0.05) is 24.3 Å². The molecule has 0 saturated heterocycles. The average molecular weight is 491 g/mol. The summed E-state index contributed by atoms with van der Waals surface area (Å²) in [4.78, 5) is 29.4. The second-order valence-electron chi connectivity index (χ2n) is 7.34. The van der Waals surface area contributed by atoms with Gasteiger partial charge in [0.05, 0.1) is 31.0 Å². The Morgan fingerprint density at radius 2 is 1.72 bits per heavy atom. The molecule has 184 valence electrons. The number of nitrogens with zero attached hydrogens (tertiary/aromatic N) is 2. The minimum atomic E-state index is -0.581. The maximum Gasteiger partial charge on any atom is 0.262 e. The molecular formula is C25H22FN5O5. The number of rotatable bonds is 9. The molecule has 0 bridgehead atoms. The smallest absolute Gasteiger partial charge is 0.262 e. The molecule has 4 aromatic rings. The molecule has 0 atom stereocenters. The number of halogens is 1. The van der Waals surface area contributed by atoms with Crippen molar-refractivity contribution in [3.8, 4) is 28.6 Å². The van der Waals surface area contributed by atoms with Crippen molar-refractivity contribution in [3.05, 3.63) is 78.1 Å². The van der Waals surface area contributed by atoms with Gasteiger partial charge in [0.15, 0.2) is 12.4 Å². The summed E-state index contributed by atoms with van der Waals surface area (Å²) in [5.74, 6) is -0.0116. The van der Waals surface area contributed by atoms with E-state index in [1.54, 1.807) is 43.5 Å². The summed E-state index contributed by atoms with van der Waals surface area (Å²) >= 11 is 0. The maximum atomic E-state index is 13.7. The third-order valence-corrected chi connectivity index (χ3v) is 5.01. The molecule has 0 radical (unpaired) electrons. The summed E-state index contributed by atoms with van der Waals surface area (Å²) in [5, 5.41) is 11.8. The second-order valence-corrected chi connectivity index (χ2v) is 7.34. The van der Waals surface area contributed by atoms with Crippen molar-refractivity contribution >= 4 is 23.5 Å². The molecule has 0 aliphatic heterocycles. The summed E-state index contributed by atoms with van der Waals surface area (Å²) in [6, 6.07) is 17.3. The largest absolute Gasteiger partial charge is 0.497 e. The van der Waals surface area contributed by atoms with E-state index in [9.17, 15) is 14.0 Å². The number of aromatic nitrogens is 3. The highest BCUT2D eigenvalue weighted by Crippen LogP contribution is 2.31. The molecule has 4 rings (SSSR count). The Balaban J connectivity index is 1.43. The van der Waals surface area contributed by atoms with Crippen molar-refractivity contribution in [3.63, 3.8) is 0 Å². The lowest BCUT2D eigenvalue weighted by Crippen LogP contribution is -2.22. The highest BCUT2D eigenvalue weighted by atomic mass is 19.1. The van der Waals surface area contributed by atoms with Crippen LogP contribution in [0.3, 0.4) is 0 Å². The molecule has 0 aliphatic rings. The summed E-state index contributed by atoms with van der Waals surface area (Å²) in [5.41, 5.74) is 0.812. The standard InChI is InChI=1S/C25H22FN5O5/c1-34-15-11-12-16(21(13-15)35-2)23-28-25(31-30-23)29-24(33)17-7-3-6-10-20(17)36-14-22(32)27-19-9-5-4-8-18(19)26/h3-13H,14H2,1-2H3,(H,27,32)(H2,28,29,30,31,33). The molecule has 1 aromatic heterocycles. The first-order chi connectivity index (χ1) is 17.5. The van der Waals surface area contributed by atoms with E-state index in [1.807, 2.05) is 0 Å². The van der Waals surface area contributed by atoms with Gasteiger partial charge in [-0.2, -0.15) is 4.98 Å². The zero-order chi connectivity index (χ0) is 25.5. The zero-order valence-corrected chi connectivity index (χ0v) is 19.4. The van der Waals surface area contributed by atoms with E-state index in [-0.39, 0.29) is 22.9 Å². The molecule has 10 nitrogen and oxygen atoms in total. The summed E-state index contributed by atoms with van der Waals surface area (Å²) < 4.78 is 29.8. The molecule has 2 amide bonds. The number of methoxy groups -OCH3 is 2. The van der Waals surface area contributed by atoms with E-state index in [1.165, 1.54) is 37.4 Å². The Labute approximate surface area is 205 Å². The van der Waals surface area contributed by atoms with Crippen LogP contribution in [0.4, 0.5) is 16.0 Å². The number of anilines is 2. The predicted octanol–water partition coefficient (Wildman–Crippen LogP) is 3.90. The Kier molecular flexibility index (Phi) is 7.39. The first-order valence-corrected chi connectivity index (χ1v) is 10.7. The maximum absolute atomic E-state index is 13.7. The van der Waals surface area contributed by atoms with Gasteiger partial charge in [-0.15, -0.1) is 5.10 Å². The van der Waals surface area contributed by atoms with Crippen molar-refractivity contribution in [1.29, 1.82) is 0 Å². The van der Waals surface area contributed by atoms with Gasteiger partial charge < -0.3 is 19.5 Å². The monoisotopic (exact) mass is 491 g/mol. The third-order valence-electron chi connectivity index (χ3n) is 5.01. The van der Waals surface area contributed by atoms with Crippen LogP contribution >= 0.6 is 0 Å². The zero-order valence-electron chi connectivity index (χ0n) is 19.4. The predicted molar refractivity (Wildman–Crippen MR) is 130 cm³/mol. The quantitative estimate of drug-likeness (QED) is 0.324. The number of para-hydroxylation sites is 2. The fourth-order valence-corrected chi connectivity index (χ4v) is 3.27. The van der Waals surface area contributed by atoms with E-state index in [0.717, 1.165) is 0 Å². The minimum Gasteiger partial charge on any atom is -0.497 e. The van der Waals surface area contributed by atoms with Crippen molar-refractivity contribution < 1.29 is 28.2 Å². The van der Waals surface area contributed by atoms with Gasteiger partial charge in [0.2, 0.25) is 5.95 Å². The summed E-state index contributed by atoms with van der Waals surface area (Å²) in [6.45, 7) is -0.430. The topological polar surface area (TPSA) is 127 Å². The van der Waals surface area contributed by atoms with E-state index in [2.05, 4.69) is 25.8 Å². The van der Waals surface area contributed by atoms with Crippen molar-refractivity contribution in [2.75, 3.05) is 31.5 Å². The van der Waals surface area contributed by atoms with E-state index in [4.69, 9.17) is 14.2 Å².